The van der Waals surface area contributed by atoms with E-state index >= 15 is 0 Å². The molecule has 3 aromatic rings. The van der Waals surface area contributed by atoms with Gasteiger partial charge in [0.1, 0.15) is 0 Å². The van der Waals surface area contributed by atoms with Crippen LogP contribution in [0.2, 0.25) is 5.02 Å². The maximum absolute atomic E-state index is 12.3. The lowest BCUT2D eigenvalue weighted by atomic mass is 10.1. The number of hydrogen-bond donors (Lipinski definition) is 1. The molecule has 0 saturated heterocycles. The number of aromatic nitrogens is 1. The average molecular weight is 382 g/mol. The standard InChI is InChI=1S/C15H10BrClN2OS/c1-8-2-3-9(16)6-11(8)14(20)19-15-18-12-5-4-10(17)7-13(12)21-15/h2-7H,1H3,(H,18,19,20). The largest absolute Gasteiger partial charge is 0.298 e. The minimum Gasteiger partial charge on any atom is -0.298 e. The zero-order chi connectivity index (χ0) is 15.0. The third kappa shape index (κ3) is 3.10. The molecule has 0 radical (unpaired) electrons. The Hall–Kier alpha value is -1.43. The Labute approximate surface area is 139 Å². The van der Waals surface area contributed by atoms with Gasteiger partial charge in [-0.25, -0.2) is 4.98 Å². The Morgan fingerprint density at radius 2 is 2.10 bits per heavy atom. The van der Waals surface area contributed by atoms with E-state index in [1.165, 1.54) is 11.3 Å². The zero-order valence-electron chi connectivity index (χ0n) is 11.0. The van der Waals surface area contributed by atoms with Crippen LogP contribution in [0.5, 0.6) is 0 Å². The third-order valence-corrected chi connectivity index (χ3v) is 4.68. The normalized spacial score (nSPS) is 10.8. The van der Waals surface area contributed by atoms with E-state index < -0.39 is 0 Å². The number of thiazole rings is 1. The maximum atomic E-state index is 12.3. The van der Waals surface area contributed by atoms with Gasteiger partial charge in [-0.1, -0.05) is 44.9 Å². The summed E-state index contributed by atoms with van der Waals surface area (Å²) >= 11 is 10.7. The number of rotatable bonds is 2. The summed E-state index contributed by atoms with van der Waals surface area (Å²) in [6.07, 6.45) is 0. The first-order valence-corrected chi connectivity index (χ1v) is 8.15. The van der Waals surface area contributed by atoms with Gasteiger partial charge in [-0.15, -0.1) is 0 Å². The molecular weight excluding hydrogens is 372 g/mol. The molecule has 106 valence electrons. The molecule has 0 saturated carbocycles. The fourth-order valence-electron chi connectivity index (χ4n) is 1.96. The zero-order valence-corrected chi connectivity index (χ0v) is 14.1. The van der Waals surface area contributed by atoms with Crippen LogP contribution in [-0.2, 0) is 0 Å². The van der Waals surface area contributed by atoms with Gasteiger partial charge in [0, 0.05) is 15.1 Å². The van der Waals surface area contributed by atoms with Crippen molar-refractivity contribution in [1.82, 2.24) is 4.98 Å². The van der Waals surface area contributed by atoms with E-state index in [4.69, 9.17) is 11.6 Å². The first-order chi connectivity index (χ1) is 10.0. The van der Waals surface area contributed by atoms with Crippen LogP contribution in [0.25, 0.3) is 10.2 Å². The second-order valence-electron chi connectivity index (χ2n) is 4.54. The van der Waals surface area contributed by atoms with Crippen LogP contribution in [0.15, 0.2) is 40.9 Å². The van der Waals surface area contributed by atoms with Crippen LogP contribution in [0.1, 0.15) is 15.9 Å². The Morgan fingerprint density at radius 1 is 1.29 bits per heavy atom. The van der Waals surface area contributed by atoms with E-state index in [1.807, 2.05) is 31.2 Å². The summed E-state index contributed by atoms with van der Waals surface area (Å²) in [6.45, 7) is 1.90. The fraction of sp³-hybridized carbons (Fsp3) is 0.0667. The predicted octanol–water partition coefficient (Wildman–Crippen LogP) is 5.27. The van der Waals surface area contributed by atoms with Crippen LogP contribution in [0.4, 0.5) is 5.13 Å². The maximum Gasteiger partial charge on any atom is 0.257 e. The molecule has 1 amide bonds. The van der Waals surface area contributed by atoms with Crippen molar-refractivity contribution in [1.29, 1.82) is 0 Å². The minimum atomic E-state index is -0.168. The molecule has 0 aliphatic rings. The van der Waals surface area contributed by atoms with Crippen molar-refractivity contribution in [3.63, 3.8) is 0 Å². The average Bonchev–Trinajstić information content (AvgIpc) is 2.82. The lowest BCUT2D eigenvalue weighted by molar-refractivity contribution is 0.102. The molecule has 6 heteroatoms. The molecule has 0 unspecified atom stereocenters. The van der Waals surface area contributed by atoms with E-state index in [1.54, 1.807) is 12.1 Å². The van der Waals surface area contributed by atoms with Crippen LogP contribution in [0.3, 0.4) is 0 Å². The summed E-state index contributed by atoms with van der Waals surface area (Å²) in [5.41, 5.74) is 2.37. The first-order valence-electron chi connectivity index (χ1n) is 6.16. The van der Waals surface area contributed by atoms with Crippen LogP contribution in [0, 0.1) is 6.92 Å². The van der Waals surface area contributed by atoms with Gasteiger partial charge in [-0.3, -0.25) is 10.1 Å². The SMILES string of the molecule is Cc1ccc(Br)cc1C(=O)Nc1nc2ccc(Cl)cc2s1. The van der Waals surface area contributed by atoms with Gasteiger partial charge in [-0.2, -0.15) is 0 Å². The third-order valence-electron chi connectivity index (χ3n) is 3.02. The highest BCUT2D eigenvalue weighted by Crippen LogP contribution is 2.29. The van der Waals surface area contributed by atoms with Crippen molar-refractivity contribution >= 4 is 60.1 Å². The Bertz CT molecular complexity index is 847. The van der Waals surface area contributed by atoms with Crippen molar-refractivity contribution in [2.45, 2.75) is 6.92 Å². The number of benzene rings is 2. The lowest BCUT2D eigenvalue weighted by Gasteiger charge is -2.05. The summed E-state index contributed by atoms with van der Waals surface area (Å²) in [7, 11) is 0. The van der Waals surface area contributed by atoms with Crippen molar-refractivity contribution in [2.24, 2.45) is 0 Å². The van der Waals surface area contributed by atoms with Gasteiger partial charge < -0.3 is 0 Å². The molecule has 0 atom stereocenters. The number of anilines is 1. The van der Waals surface area contributed by atoms with Gasteiger partial charge in [0.25, 0.3) is 5.91 Å². The number of amides is 1. The summed E-state index contributed by atoms with van der Waals surface area (Å²) < 4.78 is 1.82. The molecule has 1 aromatic heterocycles. The highest BCUT2D eigenvalue weighted by atomic mass is 79.9. The number of fused-ring (bicyclic) bond motifs is 1. The molecule has 3 rings (SSSR count). The molecule has 3 nitrogen and oxygen atoms in total. The number of aryl methyl sites for hydroxylation is 1. The van der Waals surface area contributed by atoms with Crippen molar-refractivity contribution in [3.8, 4) is 0 Å². The molecule has 2 aromatic carbocycles. The van der Waals surface area contributed by atoms with Crippen LogP contribution in [-0.4, -0.2) is 10.9 Å². The van der Waals surface area contributed by atoms with Crippen LogP contribution >= 0.6 is 38.9 Å². The number of halogens is 2. The molecule has 0 aliphatic carbocycles. The van der Waals surface area contributed by atoms with E-state index in [0.717, 1.165) is 20.3 Å². The second kappa shape index (κ2) is 5.75. The molecule has 1 N–H and O–H groups in total. The lowest BCUT2D eigenvalue weighted by Crippen LogP contribution is -2.13. The molecule has 21 heavy (non-hydrogen) atoms. The highest BCUT2D eigenvalue weighted by molar-refractivity contribution is 9.10. The molecule has 0 spiro atoms. The number of carbonyl (C=O) groups is 1. The molecule has 0 bridgehead atoms. The summed E-state index contributed by atoms with van der Waals surface area (Å²) in [4.78, 5) is 16.7. The van der Waals surface area contributed by atoms with E-state index in [2.05, 4.69) is 26.2 Å². The van der Waals surface area contributed by atoms with Crippen molar-refractivity contribution < 1.29 is 4.79 Å². The number of nitrogens with zero attached hydrogens (tertiary/aromatic N) is 1. The Kier molecular flexibility index (Phi) is 3.97. The molecule has 0 aliphatic heterocycles. The van der Waals surface area contributed by atoms with Gasteiger partial charge in [-0.05, 0) is 42.8 Å². The summed E-state index contributed by atoms with van der Waals surface area (Å²) in [5, 5.41) is 4.07. The predicted molar refractivity (Wildman–Crippen MR) is 91.5 cm³/mol. The minimum absolute atomic E-state index is 0.168. The monoisotopic (exact) mass is 380 g/mol. The Morgan fingerprint density at radius 3 is 2.90 bits per heavy atom. The number of carbonyl (C=O) groups excluding carboxylic acids is 1. The number of nitrogens with one attached hydrogen (secondary N) is 1. The molecular formula is C15H10BrClN2OS. The smallest absolute Gasteiger partial charge is 0.257 e. The molecule has 0 fully saturated rings. The van der Waals surface area contributed by atoms with Crippen LogP contribution < -0.4 is 5.32 Å². The quantitative estimate of drug-likeness (QED) is 0.657. The first kappa shape index (κ1) is 14.5. The molecule has 1 heterocycles. The fourth-order valence-corrected chi connectivity index (χ4v) is 3.45. The highest BCUT2D eigenvalue weighted by Gasteiger charge is 2.12. The van der Waals surface area contributed by atoms with Crippen molar-refractivity contribution in [3.05, 3.63) is 57.0 Å². The topological polar surface area (TPSA) is 42.0 Å². The summed E-state index contributed by atoms with van der Waals surface area (Å²) in [6, 6.07) is 11.1. The van der Waals surface area contributed by atoms with E-state index in [9.17, 15) is 4.79 Å². The summed E-state index contributed by atoms with van der Waals surface area (Å²) in [5.74, 6) is -0.168. The van der Waals surface area contributed by atoms with Gasteiger partial charge >= 0.3 is 0 Å². The number of hydrogen-bond acceptors (Lipinski definition) is 3. The van der Waals surface area contributed by atoms with E-state index in [-0.39, 0.29) is 5.91 Å². The van der Waals surface area contributed by atoms with Gasteiger partial charge in [0.2, 0.25) is 0 Å². The van der Waals surface area contributed by atoms with Gasteiger partial charge in [0.15, 0.2) is 5.13 Å². The van der Waals surface area contributed by atoms with Gasteiger partial charge in [0.05, 0.1) is 10.2 Å². The van der Waals surface area contributed by atoms with Crippen molar-refractivity contribution in [2.75, 3.05) is 5.32 Å². The second-order valence-corrected chi connectivity index (χ2v) is 6.93. The Balaban J connectivity index is 1.90. The van der Waals surface area contributed by atoms with E-state index in [0.29, 0.717) is 15.7 Å².